The zero-order valence-corrected chi connectivity index (χ0v) is 10.6. The van der Waals surface area contributed by atoms with Crippen LogP contribution in [0.5, 0.6) is 0 Å². The van der Waals surface area contributed by atoms with Crippen LogP contribution in [-0.2, 0) is 7.05 Å². The third-order valence-electron chi connectivity index (χ3n) is 2.95. The highest BCUT2D eigenvalue weighted by Gasteiger charge is 2.13. The van der Waals surface area contributed by atoms with Crippen molar-refractivity contribution in [1.82, 2.24) is 19.5 Å². The zero-order valence-electron chi connectivity index (χ0n) is 10.6. The van der Waals surface area contributed by atoms with Gasteiger partial charge in [0.25, 0.3) is 5.91 Å². The molecule has 2 N–H and O–H groups in total. The highest BCUT2D eigenvalue weighted by Crippen LogP contribution is 2.15. The molecule has 0 saturated heterocycles. The average Bonchev–Trinajstić information content (AvgIpc) is 2.77. The van der Waals surface area contributed by atoms with Gasteiger partial charge in [-0.3, -0.25) is 9.36 Å². The van der Waals surface area contributed by atoms with Crippen LogP contribution >= 0.6 is 0 Å². The van der Waals surface area contributed by atoms with Gasteiger partial charge in [0.1, 0.15) is 11.8 Å². The topological polar surface area (TPSA) is 92.7 Å². The summed E-state index contributed by atoms with van der Waals surface area (Å²) in [6, 6.07) is 8.76. The van der Waals surface area contributed by atoms with Crippen LogP contribution in [0.1, 0.15) is 10.4 Å². The Morgan fingerprint density at radius 1 is 1.25 bits per heavy atom. The predicted octanol–water partition coefficient (Wildman–Crippen LogP) is 0.909. The number of carbonyl (C=O) groups is 1. The van der Waals surface area contributed by atoms with Gasteiger partial charge in [-0.1, -0.05) is 18.2 Å². The molecule has 20 heavy (non-hydrogen) atoms. The number of aromatic nitrogens is 4. The molecule has 1 aromatic carbocycles. The maximum absolute atomic E-state index is 12.1. The summed E-state index contributed by atoms with van der Waals surface area (Å²) in [7, 11) is 1.59. The highest BCUT2D eigenvalue weighted by atomic mass is 16.2. The van der Waals surface area contributed by atoms with Gasteiger partial charge in [0, 0.05) is 12.6 Å². The lowest BCUT2D eigenvalue weighted by atomic mass is 10.2. The fraction of sp³-hybridized carbons (Fsp3) is 0.0769. The van der Waals surface area contributed by atoms with Crippen LogP contribution in [0.4, 0.5) is 5.82 Å². The predicted molar refractivity (Wildman–Crippen MR) is 73.5 cm³/mol. The summed E-state index contributed by atoms with van der Waals surface area (Å²) in [6.45, 7) is 0. The Morgan fingerprint density at radius 2 is 2.00 bits per heavy atom. The van der Waals surface area contributed by atoms with Crippen molar-refractivity contribution in [3.8, 4) is 0 Å². The standard InChI is InChI=1S/C13H11N5O2/c1-18-11-9(16-13(18)20)10(14-7-15-11)17-12(19)8-5-3-2-4-6-8/h2-7H,1H3,(H,16,20)(H,14,15,17,19). The van der Waals surface area contributed by atoms with E-state index >= 15 is 0 Å². The molecule has 0 spiro atoms. The van der Waals surface area contributed by atoms with Crippen molar-refractivity contribution in [2.45, 2.75) is 0 Å². The highest BCUT2D eigenvalue weighted by molar-refractivity contribution is 6.06. The zero-order chi connectivity index (χ0) is 14.1. The number of rotatable bonds is 2. The third kappa shape index (κ3) is 1.95. The number of benzene rings is 1. The molecule has 100 valence electrons. The van der Waals surface area contributed by atoms with Crippen LogP contribution in [0.3, 0.4) is 0 Å². The molecular formula is C13H11N5O2. The number of anilines is 1. The third-order valence-corrected chi connectivity index (χ3v) is 2.95. The molecule has 0 bridgehead atoms. The number of imidazole rings is 1. The monoisotopic (exact) mass is 269 g/mol. The lowest BCUT2D eigenvalue weighted by Gasteiger charge is -2.04. The van der Waals surface area contributed by atoms with Crippen LogP contribution in [0.25, 0.3) is 11.2 Å². The van der Waals surface area contributed by atoms with Gasteiger partial charge < -0.3 is 10.3 Å². The van der Waals surface area contributed by atoms with E-state index < -0.39 is 0 Å². The molecule has 0 atom stereocenters. The van der Waals surface area contributed by atoms with Crippen molar-refractivity contribution in [3.63, 3.8) is 0 Å². The van der Waals surface area contributed by atoms with Gasteiger partial charge in [-0.15, -0.1) is 0 Å². The molecule has 3 aromatic rings. The second-order valence-corrected chi connectivity index (χ2v) is 4.23. The molecule has 0 radical (unpaired) electrons. The van der Waals surface area contributed by atoms with Crippen molar-refractivity contribution in [1.29, 1.82) is 0 Å². The lowest BCUT2D eigenvalue weighted by Crippen LogP contribution is -2.13. The number of nitrogens with zero attached hydrogens (tertiary/aromatic N) is 3. The van der Waals surface area contributed by atoms with E-state index in [1.165, 1.54) is 10.9 Å². The normalized spacial score (nSPS) is 10.7. The maximum Gasteiger partial charge on any atom is 0.327 e. The minimum Gasteiger partial charge on any atom is -0.305 e. The number of hydrogen-bond acceptors (Lipinski definition) is 4. The number of aromatic amines is 1. The summed E-state index contributed by atoms with van der Waals surface area (Å²) < 4.78 is 1.36. The number of fused-ring (bicyclic) bond motifs is 1. The van der Waals surface area contributed by atoms with Gasteiger partial charge in [0.15, 0.2) is 11.5 Å². The summed E-state index contributed by atoms with van der Waals surface area (Å²) in [5, 5.41) is 2.67. The Balaban J connectivity index is 2.02. The van der Waals surface area contributed by atoms with Crippen LogP contribution in [-0.4, -0.2) is 25.4 Å². The van der Waals surface area contributed by atoms with Crippen molar-refractivity contribution in [2.75, 3.05) is 5.32 Å². The summed E-state index contributed by atoms with van der Waals surface area (Å²) in [5.41, 5.74) is 1.05. The summed E-state index contributed by atoms with van der Waals surface area (Å²) in [4.78, 5) is 34.3. The number of amides is 1. The molecule has 2 aromatic heterocycles. The molecule has 1 amide bonds. The van der Waals surface area contributed by atoms with E-state index in [-0.39, 0.29) is 17.4 Å². The first kappa shape index (κ1) is 12.1. The summed E-state index contributed by atoms with van der Waals surface area (Å²) >= 11 is 0. The minimum absolute atomic E-state index is 0.279. The number of H-pyrrole nitrogens is 1. The fourth-order valence-electron chi connectivity index (χ4n) is 1.90. The van der Waals surface area contributed by atoms with E-state index in [0.717, 1.165) is 0 Å². The van der Waals surface area contributed by atoms with Crippen LogP contribution in [0.15, 0.2) is 41.5 Å². The molecule has 7 heteroatoms. The second-order valence-electron chi connectivity index (χ2n) is 4.23. The largest absolute Gasteiger partial charge is 0.327 e. The SMILES string of the molecule is Cn1c(=O)[nH]c2c(NC(=O)c3ccccc3)ncnc21. The van der Waals surface area contributed by atoms with E-state index in [4.69, 9.17) is 0 Å². The van der Waals surface area contributed by atoms with Gasteiger partial charge >= 0.3 is 5.69 Å². The quantitative estimate of drug-likeness (QED) is 0.723. The van der Waals surface area contributed by atoms with Gasteiger partial charge in [0.2, 0.25) is 0 Å². The molecule has 2 heterocycles. The molecule has 0 saturated carbocycles. The molecule has 0 aliphatic carbocycles. The Kier molecular flexibility index (Phi) is 2.79. The Bertz CT molecular complexity index is 835. The molecule has 0 fully saturated rings. The molecule has 0 unspecified atom stereocenters. The summed E-state index contributed by atoms with van der Waals surface area (Å²) in [5.74, 6) is -0.0168. The Labute approximate surface area is 113 Å². The van der Waals surface area contributed by atoms with E-state index in [1.807, 2.05) is 6.07 Å². The lowest BCUT2D eigenvalue weighted by molar-refractivity contribution is 0.102. The number of nitrogens with one attached hydrogen (secondary N) is 2. The van der Waals surface area contributed by atoms with Gasteiger partial charge in [-0.25, -0.2) is 14.8 Å². The van der Waals surface area contributed by atoms with E-state index in [9.17, 15) is 9.59 Å². The smallest absolute Gasteiger partial charge is 0.305 e. The number of hydrogen-bond donors (Lipinski definition) is 2. The van der Waals surface area contributed by atoms with E-state index in [0.29, 0.717) is 16.7 Å². The van der Waals surface area contributed by atoms with Gasteiger partial charge in [-0.2, -0.15) is 0 Å². The molecule has 7 nitrogen and oxygen atoms in total. The average molecular weight is 269 g/mol. The van der Waals surface area contributed by atoms with E-state index in [1.54, 1.807) is 31.3 Å². The second kappa shape index (κ2) is 4.61. The van der Waals surface area contributed by atoms with Crippen molar-refractivity contribution < 1.29 is 4.79 Å². The fourth-order valence-corrected chi connectivity index (χ4v) is 1.90. The first-order chi connectivity index (χ1) is 9.66. The number of carbonyl (C=O) groups excluding carboxylic acids is 1. The number of aryl methyl sites for hydroxylation is 1. The molecule has 0 aliphatic rings. The van der Waals surface area contributed by atoms with Crippen molar-refractivity contribution in [3.05, 3.63) is 52.7 Å². The molecule has 3 rings (SSSR count). The van der Waals surface area contributed by atoms with Crippen molar-refractivity contribution >= 4 is 22.9 Å². The van der Waals surface area contributed by atoms with E-state index in [2.05, 4.69) is 20.3 Å². The van der Waals surface area contributed by atoms with Crippen LogP contribution in [0, 0.1) is 0 Å². The van der Waals surface area contributed by atoms with Gasteiger partial charge in [-0.05, 0) is 12.1 Å². The minimum atomic E-state index is -0.310. The van der Waals surface area contributed by atoms with Crippen LogP contribution < -0.4 is 11.0 Å². The van der Waals surface area contributed by atoms with Crippen LogP contribution in [0.2, 0.25) is 0 Å². The molecular weight excluding hydrogens is 258 g/mol. The first-order valence-corrected chi connectivity index (χ1v) is 5.93. The Morgan fingerprint density at radius 3 is 2.75 bits per heavy atom. The summed E-state index contributed by atoms with van der Waals surface area (Å²) in [6.07, 6.45) is 1.30. The Hall–Kier alpha value is -2.96. The maximum atomic E-state index is 12.1. The van der Waals surface area contributed by atoms with Gasteiger partial charge in [0.05, 0.1) is 0 Å². The van der Waals surface area contributed by atoms with Crippen molar-refractivity contribution in [2.24, 2.45) is 7.05 Å². The molecule has 0 aliphatic heterocycles. The first-order valence-electron chi connectivity index (χ1n) is 5.93.